The fourth-order valence-corrected chi connectivity index (χ4v) is 9.24. The van der Waals surface area contributed by atoms with Crippen LogP contribution in [0.25, 0.3) is 10.9 Å². The molecule has 258 valence electrons. The highest BCUT2D eigenvalue weighted by atomic mass is 16.4. The number of aromatic nitrogens is 1. The van der Waals surface area contributed by atoms with Crippen LogP contribution in [0.2, 0.25) is 0 Å². The molecule has 4 saturated carbocycles. The summed E-state index contributed by atoms with van der Waals surface area (Å²) in [7, 11) is 1.83. The van der Waals surface area contributed by atoms with Gasteiger partial charge < -0.3 is 30.7 Å². The summed E-state index contributed by atoms with van der Waals surface area (Å²) in [6.07, 6.45) is 9.15. The normalized spacial score (nSPS) is 22.5. The third-order valence-corrected chi connectivity index (χ3v) is 10.9. The molecule has 4 aromatic rings. The van der Waals surface area contributed by atoms with Crippen molar-refractivity contribution in [2.24, 2.45) is 23.2 Å². The Hall–Kier alpha value is -5.45. The first-order valence-electron chi connectivity index (χ1n) is 17.1. The number of carboxylic acids is 2. The third kappa shape index (κ3) is 6.59. The molecule has 1 heterocycles. The summed E-state index contributed by atoms with van der Waals surface area (Å²) in [5, 5.41) is 25.3. The molecule has 5 N–H and O–H groups in total. The summed E-state index contributed by atoms with van der Waals surface area (Å²) < 4.78 is 0. The van der Waals surface area contributed by atoms with E-state index in [1.54, 1.807) is 53.6 Å². The van der Waals surface area contributed by atoms with Crippen molar-refractivity contribution in [3.63, 3.8) is 0 Å². The first kappa shape index (κ1) is 33.1. The number of aromatic amines is 1. The van der Waals surface area contributed by atoms with E-state index in [9.17, 15) is 34.2 Å². The van der Waals surface area contributed by atoms with E-state index in [0.717, 1.165) is 54.0 Å². The number of aromatic carboxylic acids is 2. The Bertz CT molecular complexity index is 1930. The van der Waals surface area contributed by atoms with Crippen LogP contribution in [0.1, 0.15) is 91.4 Å². The van der Waals surface area contributed by atoms with Crippen LogP contribution < -0.4 is 10.6 Å². The van der Waals surface area contributed by atoms with Gasteiger partial charge >= 0.3 is 11.9 Å². The quantitative estimate of drug-likeness (QED) is 0.130. The minimum absolute atomic E-state index is 0.00703. The Morgan fingerprint density at radius 1 is 0.840 bits per heavy atom. The van der Waals surface area contributed by atoms with Crippen molar-refractivity contribution in [1.29, 1.82) is 0 Å². The molecule has 1 atom stereocenters. The molecule has 3 amide bonds. The lowest BCUT2D eigenvalue weighted by atomic mass is 9.49. The molecular weight excluding hydrogens is 636 g/mol. The van der Waals surface area contributed by atoms with E-state index in [4.69, 9.17) is 0 Å². The van der Waals surface area contributed by atoms with E-state index < -0.39 is 29.7 Å². The number of hydrogen-bond donors (Lipinski definition) is 5. The Morgan fingerprint density at radius 3 is 2.06 bits per heavy atom. The van der Waals surface area contributed by atoms with Crippen molar-refractivity contribution in [3.05, 3.63) is 101 Å². The Balaban J connectivity index is 1.12. The van der Waals surface area contributed by atoms with Crippen LogP contribution in [-0.2, 0) is 4.79 Å². The highest BCUT2D eigenvalue weighted by Crippen LogP contribution is 2.60. The molecule has 0 saturated heterocycles. The van der Waals surface area contributed by atoms with E-state index in [1.165, 1.54) is 31.4 Å². The highest BCUT2D eigenvalue weighted by molar-refractivity contribution is 6.10. The first-order valence-corrected chi connectivity index (χ1v) is 17.1. The minimum atomic E-state index is -1.34. The standard InChI is InChI=1S/C39H40N4O7/c1-43(21-39-17-22-9-23(18-39)11-24(10-22)19-39)36(46)31-16-33-26(7-8-40-33)15-30(31)34(44)41-20-32(25-5-3-2-4-6-25)35(45)42-29-13-27(37(47)48)12-28(14-29)38(49)50/h2-8,12-16,22-24,32,40H,9-11,17-21H2,1H3,(H,41,44)(H,42,45)(H,47,48)(H,49,50). The molecule has 0 spiro atoms. The zero-order chi connectivity index (χ0) is 35.2. The molecule has 8 rings (SSSR count). The fourth-order valence-electron chi connectivity index (χ4n) is 9.24. The average molecular weight is 677 g/mol. The SMILES string of the molecule is CN(CC12CC3CC(CC(C3)C1)C2)C(=O)c1cc2[nH]ccc2cc1C(=O)NCC(C(=O)Nc1cc(C(=O)O)cc(C(=O)O)c1)c1ccccc1. The lowest BCUT2D eigenvalue weighted by Crippen LogP contribution is -2.51. The average Bonchev–Trinajstić information content (AvgIpc) is 3.54. The minimum Gasteiger partial charge on any atom is -0.478 e. The van der Waals surface area contributed by atoms with Crippen molar-refractivity contribution in [2.75, 3.05) is 25.5 Å². The molecule has 0 aliphatic heterocycles. The molecule has 3 aromatic carbocycles. The van der Waals surface area contributed by atoms with Crippen LogP contribution in [0.5, 0.6) is 0 Å². The van der Waals surface area contributed by atoms with Crippen molar-refractivity contribution in [2.45, 2.75) is 44.4 Å². The van der Waals surface area contributed by atoms with Gasteiger partial charge in [0.1, 0.15) is 0 Å². The van der Waals surface area contributed by atoms with Crippen molar-refractivity contribution in [3.8, 4) is 0 Å². The number of carbonyl (C=O) groups excluding carboxylic acids is 3. The number of hydrogen-bond acceptors (Lipinski definition) is 5. The molecule has 50 heavy (non-hydrogen) atoms. The van der Waals surface area contributed by atoms with Crippen LogP contribution in [-0.4, -0.2) is 69.9 Å². The van der Waals surface area contributed by atoms with Crippen LogP contribution in [0, 0.1) is 23.2 Å². The van der Waals surface area contributed by atoms with Gasteiger partial charge in [0, 0.05) is 42.9 Å². The largest absolute Gasteiger partial charge is 0.478 e. The molecule has 4 bridgehead atoms. The van der Waals surface area contributed by atoms with Crippen molar-refractivity contribution in [1.82, 2.24) is 15.2 Å². The summed E-state index contributed by atoms with van der Waals surface area (Å²) in [4.78, 5) is 70.1. The number of benzene rings is 3. The number of carboxylic acid groups (broad SMARTS) is 2. The zero-order valence-electron chi connectivity index (χ0n) is 27.8. The van der Waals surface area contributed by atoms with E-state index >= 15 is 0 Å². The van der Waals surface area contributed by atoms with Crippen LogP contribution in [0.15, 0.2) is 72.9 Å². The number of nitrogens with zero attached hydrogens (tertiary/aromatic N) is 1. The van der Waals surface area contributed by atoms with E-state index in [1.807, 2.05) is 13.1 Å². The number of rotatable bonds is 11. The van der Waals surface area contributed by atoms with Gasteiger partial charge in [-0.2, -0.15) is 0 Å². The molecular formula is C39H40N4O7. The van der Waals surface area contributed by atoms with Gasteiger partial charge in [0.15, 0.2) is 0 Å². The lowest BCUT2D eigenvalue weighted by molar-refractivity contribution is -0.117. The number of amides is 3. The monoisotopic (exact) mass is 676 g/mol. The van der Waals surface area contributed by atoms with E-state index in [-0.39, 0.29) is 45.8 Å². The van der Waals surface area contributed by atoms with Gasteiger partial charge in [0.05, 0.1) is 28.2 Å². The maximum Gasteiger partial charge on any atom is 0.335 e. The van der Waals surface area contributed by atoms with Gasteiger partial charge in [-0.05, 0) is 104 Å². The van der Waals surface area contributed by atoms with Gasteiger partial charge in [-0.15, -0.1) is 0 Å². The number of anilines is 1. The molecule has 11 nitrogen and oxygen atoms in total. The molecule has 1 aromatic heterocycles. The summed E-state index contributed by atoms with van der Waals surface area (Å²) in [6.45, 7) is 0.503. The predicted octanol–water partition coefficient (Wildman–Crippen LogP) is 6.01. The second-order valence-electron chi connectivity index (χ2n) is 14.6. The molecule has 1 unspecified atom stereocenters. The highest BCUT2D eigenvalue weighted by Gasteiger charge is 2.51. The fraction of sp³-hybridized carbons (Fsp3) is 0.359. The summed E-state index contributed by atoms with van der Waals surface area (Å²) in [6, 6.07) is 17.4. The van der Waals surface area contributed by atoms with Crippen LogP contribution >= 0.6 is 0 Å². The molecule has 4 fully saturated rings. The van der Waals surface area contributed by atoms with Gasteiger partial charge in [-0.25, -0.2) is 9.59 Å². The summed E-state index contributed by atoms with van der Waals surface area (Å²) in [5.41, 5.74) is 1.32. The number of H-pyrrole nitrogens is 1. The third-order valence-electron chi connectivity index (χ3n) is 10.9. The number of carbonyl (C=O) groups is 5. The predicted molar refractivity (Wildman–Crippen MR) is 186 cm³/mol. The van der Waals surface area contributed by atoms with Crippen LogP contribution in [0.4, 0.5) is 5.69 Å². The maximum absolute atomic E-state index is 14.2. The Morgan fingerprint density at radius 2 is 1.46 bits per heavy atom. The van der Waals surface area contributed by atoms with Crippen molar-refractivity contribution < 1.29 is 34.2 Å². The van der Waals surface area contributed by atoms with Gasteiger partial charge in [0.25, 0.3) is 11.8 Å². The number of fused-ring (bicyclic) bond motifs is 1. The van der Waals surface area contributed by atoms with E-state index in [2.05, 4.69) is 15.6 Å². The van der Waals surface area contributed by atoms with Crippen molar-refractivity contribution >= 4 is 46.3 Å². The second-order valence-corrected chi connectivity index (χ2v) is 14.6. The van der Waals surface area contributed by atoms with Gasteiger partial charge in [0.2, 0.25) is 5.91 Å². The molecule has 4 aliphatic rings. The topological polar surface area (TPSA) is 169 Å². The Labute approximate surface area is 289 Å². The lowest BCUT2D eigenvalue weighted by Gasteiger charge is -2.57. The number of nitrogens with one attached hydrogen (secondary N) is 3. The van der Waals surface area contributed by atoms with E-state index in [0.29, 0.717) is 12.1 Å². The molecule has 4 aliphatic carbocycles. The second kappa shape index (κ2) is 13.1. The summed E-state index contributed by atoms with van der Waals surface area (Å²) in [5.74, 6) is -2.71. The molecule has 0 radical (unpaired) electrons. The smallest absolute Gasteiger partial charge is 0.335 e. The summed E-state index contributed by atoms with van der Waals surface area (Å²) >= 11 is 0. The van der Waals surface area contributed by atoms with Gasteiger partial charge in [-0.3, -0.25) is 14.4 Å². The van der Waals surface area contributed by atoms with Crippen LogP contribution in [0.3, 0.4) is 0 Å². The zero-order valence-corrected chi connectivity index (χ0v) is 27.8. The van der Waals surface area contributed by atoms with Gasteiger partial charge in [-0.1, -0.05) is 30.3 Å². The molecule has 11 heteroatoms. The Kier molecular flexibility index (Phi) is 8.67. The first-order chi connectivity index (χ1) is 24.0. The maximum atomic E-state index is 14.2.